The van der Waals surface area contributed by atoms with Crippen LogP contribution in [0.2, 0.25) is 0 Å². The molecular formula is C15H30N2. The van der Waals surface area contributed by atoms with Crippen molar-refractivity contribution >= 4 is 0 Å². The molecule has 0 bridgehead atoms. The third-order valence-corrected chi connectivity index (χ3v) is 5.01. The van der Waals surface area contributed by atoms with Gasteiger partial charge >= 0.3 is 0 Å². The van der Waals surface area contributed by atoms with Crippen molar-refractivity contribution in [1.29, 1.82) is 0 Å². The molecule has 1 heterocycles. The van der Waals surface area contributed by atoms with Gasteiger partial charge < -0.3 is 5.73 Å². The van der Waals surface area contributed by atoms with E-state index in [0.717, 1.165) is 24.4 Å². The van der Waals surface area contributed by atoms with Crippen LogP contribution in [0.1, 0.15) is 58.8 Å². The van der Waals surface area contributed by atoms with Crippen LogP contribution in [0.15, 0.2) is 0 Å². The zero-order valence-corrected chi connectivity index (χ0v) is 11.7. The lowest BCUT2D eigenvalue weighted by Crippen LogP contribution is -2.53. The predicted molar refractivity (Wildman–Crippen MR) is 74.0 cm³/mol. The van der Waals surface area contributed by atoms with E-state index in [4.69, 9.17) is 5.73 Å². The van der Waals surface area contributed by atoms with Gasteiger partial charge in [0.15, 0.2) is 0 Å². The highest BCUT2D eigenvalue weighted by Gasteiger charge is 2.35. The number of rotatable bonds is 3. The van der Waals surface area contributed by atoms with Crippen LogP contribution in [-0.4, -0.2) is 30.1 Å². The van der Waals surface area contributed by atoms with Crippen LogP contribution in [0.5, 0.6) is 0 Å². The molecule has 1 aliphatic heterocycles. The molecule has 0 aromatic rings. The average Bonchev–Trinajstić information content (AvgIpc) is 2.38. The summed E-state index contributed by atoms with van der Waals surface area (Å²) in [7, 11) is 0. The molecule has 3 atom stereocenters. The zero-order valence-electron chi connectivity index (χ0n) is 11.7. The molecule has 1 aliphatic carbocycles. The molecule has 0 amide bonds. The summed E-state index contributed by atoms with van der Waals surface area (Å²) in [5.41, 5.74) is 5.98. The zero-order chi connectivity index (χ0) is 12.3. The lowest BCUT2D eigenvalue weighted by molar-refractivity contribution is 0.0263. The topological polar surface area (TPSA) is 29.3 Å². The van der Waals surface area contributed by atoms with E-state index in [2.05, 4.69) is 18.7 Å². The Balaban J connectivity index is 2.05. The maximum absolute atomic E-state index is 5.98. The van der Waals surface area contributed by atoms with Crippen molar-refractivity contribution in [2.24, 2.45) is 17.6 Å². The van der Waals surface area contributed by atoms with Crippen molar-refractivity contribution in [3.05, 3.63) is 0 Å². The van der Waals surface area contributed by atoms with Crippen LogP contribution in [-0.2, 0) is 0 Å². The van der Waals surface area contributed by atoms with Gasteiger partial charge in [0.05, 0.1) is 0 Å². The molecule has 2 rings (SSSR count). The first kappa shape index (κ1) is 13.4. The van der Waals surface area contributed by atoms with Gasteiger partial charge in [0.1, 0.15) is 0 Å². The monoisotopic (exact) mass is 238 g/mol. The van der Waals surface area contributed by atoms with E-state index in [1.54, 1.807) is 0 Å². The standard InChI is InChI=1S/C15H30N2/c1-12(2)14-8-3-4-9-15(14)17-10-6-5-7-13(17)11-16/h12-15H,3-11,16H2,1-2H3. The normalized spacial score (nSPS) is 36.4. The van der Waals surface area contributed by atoms with Crippen molar-refractivity contribution in [2.75, 3.05) is 13.1 Å². The fourth-order valence-corrected chi connectivity index (χ4v) is 4.04. The Hall–Kier alpha value is -0.0800. The largest absolute Gasteiger partial charge is 0.329 e. The van der Waals surface area contributed by atoms with Crippen molar-refractivity contribution in [2.45, 2.75) is 70.9 Å². The van der Waals surface area contributed by atoms with Crippen molar-refractivity contribution in [3.63, 3.8) is 0 Å². The first-order chi connectivity index (χ1) is 8.24. The fraction of sp³-hybridized carbons (Fsp3) is 1.00. The van der Waals surface area contributed by atoms with Crippen molar-refractivity contribution in [1.82, 2.24) is 4.90 Å². The van der Waals surface area contributed by atoms with Gasteiger partial charge in [0, 0.05) is 18.6 Å². The van der Waals surface area contributed by atoms with Crippen LogP contribution >= 0.6 is 0 Å². The Morgan fingerprint density at radius 3 is 2.47 bits per heavy atom. The number of hydrogen-bond donors (Lipinski definition) is 1. The number of nitrogens with two attached hydrogens (primary N) is 1. The van der Waals surface area contributed by atoms with Gasteiger partial charge in [-0.1, -0.05) is 33.1 Å². The molecule has 2 N–H and O–H groups in total. The molecule has 0 spiro atoms. The summed E-state index contributed by atoms with van der Waals surface area (Å²) in [6, 6.07) is 1.51. The predicted octanol–water partition coefficient (Wildman–Crippen LogP) is 3.01. The summed E-state index contributed by atoms with van der Waals surface area (Å²) in [5.74, 6) is 1.75. The maximum atomic E-state index is 5.98. The molecule has 1 saturated carbocycles. The lowest BCUT2D eigenvalue weighted by Gasteiger charge is -2.47. The molecule has 2 aliphatic rings. The van der Waals surface area contributed by atoms with Crippen LogP contribution < -0.4 is 5.73 Å². The van der Waals surface area contributed by atoms with E-state index in [-0.39, 0.29) is 0 Å². The highest BCUT2D eigenvalue weighted by Crippen LogP contribution is 2.36. The summed E-state index contributed by atoms with van der Waals surface area (Å²) in [4.78, 5) is 2.79. The lowest BCUT2D eigenvalue weighted by atomic mass is 9.76. The molecule has 0 radical (unpaired) electrons. The van der Waals surface area contributed by atoms with E-state index >= 15 is 0 Å². The average molecular weight is 238 g/mol. The summed E-state index contributed by atoms with van der Waals surface area (Å²) < 4.78 is 0. The highest BCUT2D eigenvalue weighted by molar-refractivity contribution is 4.90. The minimum absolute atomic E-state index is 0.674. The first-order valence-electron chi connectivity index (χ1n) is 7.70. The van der Waals surface area contributed by atoms with Crippen molar-refractivity contribution in [3.8, 4) is 0 Å². The molecule has 1 saturated heterocycles. The minimum Gasteiger partial charge on any atom is -0.329 e. The Kier molecular flexibility index (Phi) is 4.87. The molecule has 0 aromatic heterocycles. The van der Waals surface area contributed by atoms with Gasteiger partial charge in [-0.3, -0.25) is 4.90 Å². The molecular weight excluding hydrogens is 208 g/mol. The van der Waals surface area contributed by atoms with Gasteiger partial charge in [-0.25, -0.2) is 0 Å². The Morgan fingerprint density at radius 1 is 1.06 bits per heavy atom. The number of piperidine rings is 1. The quantitative estimate of drug-likeness (QED) is 0.819. The van der Waals surface area contributed by atoms with Crippen LogP contribution in [0.25, 0.3) is 0 Å². The Bertz CT molecular complexity index is 227. The first-order valence-corrected chi connectivity index (χ1v) is 7.70. The molecule has 0 aromatic carbocycles. The van der Waals surface area contributed by atoms with E-state index < -0.39 is 0 Å². The summed E-state index contributed by atoms with van der Waals surface area (Å²) in [6.45, 7) is 6.98. The van der Waals surface area contributed by atoms with Crippen LogP contribution in [0.3, 0.4) is 0 Å². The highest BCUT2D eigenvalue weighted by atomic mass is 15.2. The summed E-state index contributed by atoms with van der Waals surface area (Å²) in [5, 5.41) is 0. The maximum Gasteiger partial charge on any atom is 0.0221 e. The van der Waals surface area contributed by atoms with Gasteiger partial charge in [-0.05, 0) is 44.1 Å². The summed E-state index contributed by atoms with van der Waals surface area (Å²) >= 11 is 0. The van der Waals surface area contributed by atoms with E-state index in [1.165, 1.54) is 51.5 Å². The fourth-order valence-electron chi connectivity index (χ4n) is 4.04. The van der Waals surface area contributed by atoms with Crippen LogP contribution in [0.4, 0.5) is 0 Å². The molecule has 100 valence electrons. The number of nitrogens with zero attached hydrogens (tertiary/aromatic N) is 1. The molecule has 2 fully saturated rings. The second kappa shape index (κ2) is 6.19. The second-order valence-electron chi connectivity index (χ2n) is 6.38. The van der Waals surface area contributed by atoms with Crippen molar-refractivity contribution < 1.29 is 0 Å². The smallest absolute Gasteiger partial charge is 0.0221 e. The second-order valence-corrected chi connectivity index (χ2v) is 6.38. The molecule has 2 heteroatoms. The number of likely N-dealkylation sites (tertiary alicyclic amines) is 1. The van der Waals surface area contributed by atoms with Gasteiger partial charge in [0.25, 0.3) is 0 Å². The Labute approximate surface area is 107 Å². The molecule has 3 unspecified atom stereocenters. The van der Waals surface area contributed by atoms with Gasteiger partial charge in [-0.15, -0.1) is 0 Å². The van der Waals surface area contributed by atoms with Gasteiger partial charge in [0.2, 0.25) is 0 Å². The molecule has 17 heavy (non-hydrogen) atoms. The van der Waals surface area contributed by atoms with E-state index in [9.17, 15) is 0 Å². The van der Waals surface area contributed by atoms with E-state index in [0.29, 0.717) is 6.04 Å². The number of hydrogen-bond acceptors (Lipinski definition) is 2. The third kappa shape index (κ3) is 3.03. The third-order valence-electron chi connectivity index (χ3n) is 5.01. The Morgan fingerprint density at radius 2 is 1.76 bits per heavy atom. The summed E-state index contributed by atoms with van der Waals surface area (Å²) in [6.07, 6.45) is 9.84. The van der Waals surface area contributed by atoms with Gasteiger partial charge in [-0.2, -0.15) is 0 Å². The van der Waals surface area contributed by atoms with Crippen LogP contribution in [0, 0.1) is 11.8 Å². The minimum atomic E-state index is 0.674. The molecule has 2 nitrogen and oxygen atoms in total. The van der Waals surface area contributed by atoms with E-state index in [1.807, 2.05) is 0 Å². The SMILES string of the molecule is CC(C)C1CCCCC1N1CCCCC1CN.